The first-order valence-corrected chi connectivity index (χ1v) is 12.0. The zero-order valence-corrected chi connectivity index (χ0v) is 18.8. The molecule has 0 saturated carbocycles. The summed E-state index contributed by atoms with van der Waals surface area (Å²) in [6.07, 6.45) is 1.95. The van der Waals surface area contributed by atoms with Gasteiger partial charge in [0.25, 0.3) is 0 Å². The minimum atomic E-state index is -0.120. The normalized spacial score (nSPS) is 10.6. The average Bonchev–Trinajstić information content (AvgIpc) is 3.16. The van der Waals surface area contributed by atoms with Gasteiger partial charge in [0, 0.05) is 24.3 Å². The molecule has 0 spiro atoms. The van der Waals surface area contributed by atoms with Crippen LogP contribution in [0.5, 0.6) is 0 Å². The summed E-state index contributed by atoms with van der Waals surface area (Å²) in [7, 11) is 0. The van der Waals surface area contributed by atoms with Gasteiger partial charge in [-0.15, -0.1) is 10.2 Å². The lowest BCUT2D eigenvalue weighted by atomic mass is 10.1. The van der Waals surface area contributed by atoms with Crippen molar-refractivity contribution in [1.82, 2.24) is 15.5 Å². The standard InChI is InChI=1S/C19H24N4O3S3/c1-3-10-20-17(26)12-28-19-23-22-18(29-19)27-11-6-9-16(25)21-15-8-5-4-7-14(15)13(2)24/h4-5,7-8H,3,6,9-12H2,1-2H3,(H,20,26)(H,21,25). The number of thioether (sulfide) groups is 2. The van der Waals surface area contributed by atoms with E-state index in [-0.39, 0.29) is 17.6 Å². The molecule has 2 rings (SSSR count). The summed E-state index contributed by atoms with van der Waals surface area (Å²) < 4.78 is 1.58. The van der Waals surface area contributed by atoms with E-state index in [0.717, 1.165) is 20.9 Å². The van der Waals surface area contributed by atoms with Crippen molar-refractivity contribution in [2.75, 3.05) is 23.4 Å². The number of amides is 2. The van der Waals surface area contributed by atoms with Gasteiger partial charge in [0.2, 0.25) is 11.8 Å². The Morgan fingerprint density at radius 1 is 1.07 bits per heavy atom. The van der Waals surface area contributed by atoms with E-state index in [4.69, 9.17) is 0 Å². The summed E-state index contributed by atoms with van der Waals surface area (Å²) in [5, 5.41) is 13.8. The molecule has 1 heterocycles. The summed E-state index contributed by atoms with van der Waals surface area (Å²) in [5.74, 6) is 0.868. The number of hydrogen-bond donors (Lipinski definition) is 2. The largest absolute Gasteiger partial charge is 0.355 e. The molecule has 10 heteroatoms. The number of benzene rings is 1. The quantitative estimate of drug-likeness (QED) is 0.286. The summed E-state index contributed by atoms with van der Waals surface area (Å²) in [4.78, 5) is 35.3. The van der Waals surface area contributed by atoms with Crippen molar-refractivity contribution in [3.05, 3.63) is 29.8 Å². The number of hydrogen-bond acceptors (Lipinski definition) is 8. The van der Waals surface area contributed by atoms with Crippen LogP contribution in [0.3, 0.4) is 0 Å². The van der Waals surface area contributed by atoms with Crippen LogP contribution in [0, 0.1) is 0 Å². The third-order valence-electron chi connectivity index (χ3n) is 3.64. The molecule has 0 bridgehead atoms. The average molecular weight is 453 g/mol. The lowest BCUT2D eigenvalue weighted by Crippen LogP contribution is -2.25. The molecule has 0 atom stereocenters. The van der Waals surface area contributed by atoms with Crippen molar-refractivity contribution in [2.45, 2.75) is 41.8 Å². The van der Waals surface area contributed by atoms with Gasteiger partial charge in [-0.05, 0) is 31.9 Å². The molecule has 1 aromatic heterocycles. The number of ketones is 1. The van der Waals surface area contributed by atoms with E-state index in [0.29, 0.717) is 36.4 Å². The van der Waals surface area contributed by atoms with E-state index in [2.05, 4.69) is 20.8 Å². The van der Waals surface area contributed by atoms with E-state index in [1.54, 1.807) is 36.0 Å². The van der Waals surface area contributed by atoms with Crippen LogP contribution in [0.25, 0.3) is 0 Å². The van der Waals surface area contributed by atoms with Crippen molar-refractivity contribution in [1.29, 1.82) is 0 Å². The van der Waals surface area contributed by atoms with Crippen molar-refractivity contribution in [2.24, 2.45) is 0 Å². The number of para-hydroxylation sites is 1. The first-order chi connectivity index (χ1) is 14.0. The van der Waals surface area contributed by atoms with Crippen molar-refractivity contribution in [3.63, 3.8) is 0 Å². The fraction of sp³-hybridized carbons (Fsp3) is 0.421. The molecule has 0 aliphatic carbocycles. The maximum Gasteiger partial charge on any atom is 0.230 e. The molecule has 0 aliphatic heterocycles. The predicted molar refractivity (Wildman–Crippen MR) is 119 cm³/mol. The number of rotatable bonds is 12. The first kappa shape index (κ1) is 23.4. The molecule has 2 amide bonds. The molecule has 2 aromatic rings. The topological polar surface area (TPSA) is 101 Å². The summed E-state index contributed by atoms with van der Waals surface area (Å²) in [6.45, 7) is 4.18. The molecule has 0 aliphatic rings. The Kier molecular flexibility index (Phi) is 10.2. The number of nitrogens with one attached hydrogen (secondary N) is 2. The molecule has 0 unspecified atom stereocenters. The molecule has 1 aromatic carbocycles. The third kappa shape index (κ3) is 8.55. The second kappa shape index (κ2) is 12.6. The van der Waals surface area contributed by atoms with Crippen molar-refractivity contribution >= 4 is 58.1 Å². The minimum Gasteiger partial charge on any atom is -0.355 e. The number of anilines is 1. The molecular weight excluding hydrogens is 428 g/mol. The molecule has 0 fully saturated rings. The lowest BCUT2D eigenvalue weighted by Gasteiger charge is -2.08. The van der Waals surface area contributed by atoms with Gasteiger partial charge < -0.3 is 10.6 Å². The van der Waals surface area contributed by atoms with E-state index in [9.17, 15) is 14.4 Å². The Hall–Kier alpha value is -1.91. The summed E-state index contributed by atoms with van der Waals surface area (Å²) in [5.41, 5.74) is 1.06. The molecule has 156 valence electrons. The van der Waals surface area contributed by atoms with Crippen LogP contribution >= 0.6 is 34.9 Å². The summed E-state index contributed by atoms with van der Waals surface area (Å²) in [6, 6.07) is 6.99. The Balaban J connectivity index is 1.68. The van der Waals surface area contributed by atoms with Crippen molar-refractivity contribution in [3.8, 4) is 0 Å². The third-order valence-corrected chi connectivity index (χ3v) is 6.92. The molecule has 29 heavy (non-hydrogen) atoms. The highest BCUT2D eigenvalue weighted by Gasteiger charge is 2.11. The van der Waals surface area contributed by atoms with Gasteiger partial charge in [0.15, 0.2) is 14.5 Å². The maximum atomic E-state index is 12.1. The van der Waals surface area contributed by atoms with E-state index < -0.39 is 0 Å². The molecule has 2 N–H and O–H groups in total. The Morgan fingerprint density at radius 2 is 1.79 bits per heavy atom. The van der Waals surface area contributed by atoms with E-state index in [1.165, 1.54) is 30.0 Å². The van der Waals surface area contributed by atoms with E-state index >= 15 is 0 Å². The van der Waals surface area contributed by atoms with Gasteiger partial charge in [0.1, 0.15) is 0 Å². The smallest absolute Gasteiger partial charge is 0.230 e. The number of carbonyl (C=O) groups excluding carboxylic acids is 3. The van der Waals surface area contributed by atoms with Crippen LogP contribution in [0.1, 0.15) is 43.5 Å². The maximum absolute atomic E-state index is 12.1. The number of nitrogens with zero attached hydrogens (tertiary/aromatic N) is 2. The van der Waals surface area contributed by atoms with Gasteiger partial charge >= 0.3 is 0 Å². The van der Waals surface area contributed by atoms with Crippen LogP contribution in [-0.2, 0) is 9.59 Å². The minimum absolute atomic E-state index is 0.00129. The van der Waals surface area contributed by atoms with Crippen molar-refractivity contribution < 1.29 is 14.4 Å². The molecular formula is C19H24N4O3S3. The fourth-order valence-electron chi connectivity index (χ4n) is 2.26. The van der Waals surface area contributed by atoms with Crippen LogP contribution in [0.4, 0.5) is 5.69 Å². The van der Waals surface area contributed by atoms with Gasteiger partial charge in [-0.1, -0.05) is 53.9 Å². The van der Waals surface area contributed by atoms with Gasteiger partial charge in [-0.3, -0.25) is 14.4 Å². The zero-order valence-electron chi connectivity index (χ0n) is 16.4. The number of Topliss-reactive ketones (excluding diaryl/α,β-unsaturated/α-hetero) is 1. The zero-order chi connectivity index (χ0) is 21.1. The highest BCUT2D eigenvalue weighted by atomic mass is 32.2. The van der Waals surface area contributed by atoms with Crippen LogP contribution in [0.15, 0.2) is 32.9 Å². The summed E-state index contributed by atoms with van der Waals surface area (Å²) >= 11 is 4.37. The first-order valence-electron chi connectivity index (χ1n) is 9.25. The fourth-order valence-corrected chi connectivity index (χ4v) is 5.12. The molecule has 7 nitrogen and oxygen atoms in total. The molecule has 0 saturated heterocycles. The monoisotopic (exact) mass is 452 g/mol. The highest BCUT2D eigenvalue weighted by Crippen LogP contribution is 2.29. The Morgan fingerprint density at radius 3 is 2.52 bits per heavy atom. The second-order valence-electron chi connectivity index (χ2n) is 6.07. The van der Waals surface area contributed by atoms with E-state index in [1.807, 2.05) is 6.92 Å². The van der Waals surface area contributed by atoms with Crippen LogP contribution in [-0.4, -0.2) is 45.8 Å². The van der Waals surface area contributed by atoms with Crippen LogP contribution in [0.2, 0.25) is 0 Å². The predicted octanol–water partition coefficient (Wildman–Crippen LogP) is 3.87. The SMILES string of the molecule is CCCNC(=O)CSc1nnc(SCCCC(=O)Nc2ccccc2C(C)=O)s1. The van der Waals surface area contributed by atoms with Gasteiger partial charge in [-0.25, -0.2) is 0 Å². The molecule has 0 radical (unpaired) electrons. The van der Waals surface area contributed by atoms with Crippen LogP contribution < -0.4 is 10.6 Å². The number of carbonyl (C=O) groups is 3. The lowest BCUT2D eigenvalue weighted by molar-refractivity contribution is -0.118. The Bertz CT molecular complexity index is 842. The number of aromatic nitrogens is 2. The highest BCUT2D eigenvalue weighted by molar-refractivity contribution is 8.03. The Labute approximate surface area is 182 Å². The second-order valence-corrected chi connectivity index (χ2v) is 9.62. The van der Waals surface area contributed by atoms with Gasteiger partial charge in [0.05, 0.1) is 11.4 Å². The van der Waals surface area contributed by atoms with Gasteiger partial charge in [-0.2, -0.15) is 0 Å².